The second-order valence-corrected chi connectivity index (χ2v) is 4.20. The summed E-state index contributed by atoms with van der Waals surface area (Å²) in [6, 6.07) is 14.3. The molecule has 0 heterocycles. The minimum atomic E-state index is 0.0299. The van der Waals surface area contributed by atoms with Crippen LogP contribution in [0.5, 0.6) is 0 Å². The number of ether oxygens (including phenoxy) is 1. The molecule has 0 aliphatic carbocycles. The van der Waals surface area contributed by atoms with Gasteiger partial charge >= 0.3 is 0 Å². The number of amides is 1. The zero-order valence-corrected chi connectivity index (χ0v) is 10.5. The summed E-state index contributed by atoms with van der Waals surface area (Å²) in [6.07, 6.45) is 0.411. The Labute approximate surface area is 107 Å². The van der Waals surface area contributed by atoms with Crippen LogP contribution in [0.4, 0.5) is 0 Å². The number of benzene rings is 2. The summed E-state index contributed by atoms with van der Waals surface area (Å²) >= 11 is 0. The highest BCUT2D eigenvalue weighted by Gasteiger charge is 2.03. The van der Waals surface area contributed by atoms with Crippen molar-refractivity contribution in [1.29, 1.82) is 0 Å². The van der Waals surface area contributed by atoms with Gasteiger partial charge in [0.2, 0.25) is 5.91 Å². The van der Waals surface area contributed by atoms with E-state index < -0.39 is 0 Å². The number of hydrogen-bond donors (Lipinski definition) is 1. The lowest BCUT2D eigenvalue weighted by molar-refractivity contribution is -0.120. The number of carbonyl (C=O) groups excluding carboxylic acids is 1. The van der Waals surface area contributed by atoms with Crippen molar-refractivity contribution in [1.82, 2.24) is 5.32 Å². The minimum absolute atomic E-state index is 0.0299. The molecule has 0 saturated heterocycles. The van der Waals surface area contributed by atoms with E-state index in [-0.39, 0.29) is 5.91 Å². The molecule has 18 heavy (non-hydrogen) atoms. The molecule has 0 spiro atoms. The van der Waals surface area contributed by atoms with E-state index in [1.807, 2.05) is 24.3 Å². The number of carbonyl (C=O) groups is 1. The highest BCUT2D eigenvalue weighted by molar-refractivity contribution is 5.85. The fraction of sp³-hybridized carbons (Fsp3) is 0.267. The van der Waals surface area contributed by atoms with E-state index >= 15 is 0 Å². The van der Waals surface area contributed by atoms with Gasteiger partial charge in [-0.3, -0.25) is 4.79 Å². The van der Waals surface area contributed by atoms with Gasteiger partial charge in [0.25, 0.3) is 0 Å². The Balaban J connectivity index is 2.01. The van der Waals surface area contributed by atoms with E-state index in [0.29, 0.717) is 19.6 Å². The Morgan fingerprint density at radius 2 is 1.94 bits per heavy atom. The smallest absolute Gasteiger partial charge is 0.224 e. The highest BCUT2D eigenvalue weighted by atomic mass is 16.5. The normalized spacial score (nSPS) is 10.5. The van der Waals surface area contributed by atoms with Gasteiger partial charge in [-0.25, -0.2) is 0 Å². The van der Waals surface area contributed by atoms with Crippen LogP contribution in [0.1, 0.15) is 5.56 Å². The van der Waals surface area contributed by atoms with Gasteiger partial charge in [0.05, 0.1) is 13.0 Å². The molecule has 0 aliphatic rings. The maximum atomic E-state index is 11.7. The summed E-state index contributed by atoms with van der Waals surface area (Å²) < 4.78 is 4.89. The minimum Gasteiger partial charge on any atom is -0.383 e. The van der Waals surface area contributed by atoms with Gasteiger partial charge in [-0.15, -0.1) is 0 Å². The molecule has 3 nitrogen and oxygen atoms in total. The molecular formula is C15H17NO2. The third kappa shape index (κ3) is 3.31. The fourth-order valence-corrected chi connectivity index (χ4v) is 1.89. The third-order valence-electron chi connectivity index (χ3n) is 2.81. The predicted molar refractivity (Wildman–Crippen MR) is 72.5 cm³/mol. The molecular weight excluding hydrogens is 226 g/mol. The first-order valence-electron chi connectivity index (χ1n) is 6.03. The maximum absolute atomic E-state index is 11.7. The Morgan fingerprint density at radius 1 is 1.17 bits per heavy atom. The van der Waals surface area contributed by atoms with Crippen LogP contribution in [-0.4, -0.2) is 26.2 Å². The van der Waals surface area contributed by atoms with Crippen molar-refractivity contribution in [3.8, 4) is 0 Å². The van der Waals surface area contributed by atoms with Crippen LogP contribution in [0.3, 0.4) is 0 Å². The van der Waals surface area contributed by atoms with Gasteiger partial charge in [-0.05, 0) is 16.3 Å². The first-order chi connectivity index (χ1) is 8.79. The number of nitrogens with one attached hydrogen (secondary N) is 1. The van der Waals surface area contributed by atoms with Gasteiger partial charge in [0.1, 0.15) is 0 Å². The Morgan fingerprint density at radius 3 is 2.72 bits per heavy atom. The van der Waals surface area contributed by atoms with E-state index in [9.17, 15) is 4.79 Å². The number of methoxy groups -OCH3 is 1. The molecule has 0 fully saturated rings. The van der Waals surface area contributed by atoms with Crippen molar-refractivity contribution in [2.24, 2.45) is 0 Å². The lowest BCUT2D eigenvalue weighted by Gasteiger charge is -2.05. The first-order valence-corrected chi connectivity index (χ1v) is 6.03. The zero-order valence-electron chi connectivity index (χ0n) is 10.5. The molecule has 0 saturated carbocycles. The quantitative estimate of drug-likeness (QED) is 0.817. The lowest BCUT2D eigenvalue weighted by Crippen LogP contribution is -2.28. The molecule has 2 rings (SSSR count). The zero-order chi connectivity index (χ0) is 12.8. The van der Waals surface area contributed by atoms with Crippen LogP contribution < -0.4 is 5.32 Å². The number of fused-ring (bicyclic) bond motifs is 1. The van der Waals surface area contributed by atoms with Crippen LogP contribution in [0.2, 0.25) is 0 Å². The summed E-state index contributed by atoms with van der Waals surface area (Å²) in [5.41, 5.74) is 1.03. The van der Waals surface area contributed by atoms with E-state index in [0.717, 1.165) is 5.56 Å². The SMILES string of the molecule is COCCNC(=O)Cc1ccc2ccccc2c1. The lowest BCUT2D eigenvalue weighted by atomic mass is 10.1. The maximum Gasteiger partial charge on any atom is 0.224 e. The molecule has 0 aliphatic heterocycles. The van der Waals surface area contributed by atoms with Crippen molar-refractivity contribution < 1.29 is 9.53 Å². The summed E-state index contributed by atoms with van der Waals surface area (Å²) in [4.78, 5) is 11.7. The van der Waals surface area contributed by atoms with Crippen molar-refractivity contribution >= 4 is 16.7 Å². The Bertz CT molecular complexity index is 537. The Kier molecular flexibility index (Phi) is 4.31. The average Bonchev–Trinajstić information content (AvgIpc) is 2.39. The second kappa shape index (κ2) is 6.17. The molecule has 3 heteroatoms. The molecule has 0 radical (unpaired) electrons. The van der Waals surface area contributed by atoms with E-state index in [4.69, 9.17) is 4.74 Å². The highest BCUT2D eigenvalue weighted by Crippen LogP contribution is 2.15. The van der Waals surface area contributed by atoms with Crippen molar-refractivity contribution in [2.75, 3.05) is 20.3 Å². The topological polar surface area (TPSA) is 38.3 Å². The monoisotopic (exact) mass is 243 g/mol. The first kappa shape index (κ1) is 12.6. The largest absolute Gasteiger partial charge is 0.383 e. The molecule has 1 amide bonds. The van der Waals surface area contributed by atoms with Crippen LogP contribution in [0, 0.1) is 0 Å². The molecule has 0 bridgehead atoms. The van der Waals surface area contributed by atoms with Crippen LogP contribution in [0.15, 0.2) is 42.5 Å². The predicted octanol–water partition coefficient (Wildman–Crippen LogP) is 2.14. The molecule has 94 valence electrons. The summed E-state index contributed by atoms with van der Waals surface area (Å²) in [5, 5.41) is 5.18. The standard InChI is InChI=1S/C15H17NO2/c1-18-9-8-16-15(17)11-12-6-7-13-4-2-3-5-14(13)10-12/h2-7,10H,8-9,11H2,1H3,(H,16,17). The van der Waals surface area contributed by atoms with Gasteiger partial charge in [0, 0.05) is 13.7 Å². The molecule has 2 aromatic rings. The molecule has 0 atom stereocenters. The third-order valence-corrected chi connectivity index (χ3v) is 2.81. The summed E-state index contributed by atoms with van der Waals surface area (Å²) in [6.45, 7) is 1.10. The molecule has 0 unspecified atom stereocenters. The van der Waals surface area contributed by atoms with Crippen molar-refractivity contribution in [2.45, 2.75) is 6.42 Å². The van der Waals surface area contributed by atoms with Crippen LogP contribution in [-0.2, 0) is 16.0 Å². The number of rotatable bonds is 5. The van der Waals surface area contributed by atoms with E-state index in [1.165, 1.54) is 10.8 Å². The van der Waals surface area contributed by atoms with Crippen molar-refractivity contribution in [3.63, 3.8) is 0 Å². The second-order valence-electron chi connectivity index (χ2n) is 4.20. The van der Waals surface area contributed by atoms with E-state index in [2.05, 4.69) is 23.5 Å². The molecule has 1 N–H and O–H groups in total. The fourth-order valence-electron chi connectivity index (χ4n) is 1.89. The van der Waals surface area contributed by atoms with Gasteiger partial charge in [-0.2, -0.15) is 0 Å². The van der Waals surface area contributed by atoms with Crippen LogP contribution >= 0.6 is 0 Å². The molecule has 2 aromatic carbocycles. The summed E-state index contributed by atoms with van der Waals surface area (Å²) in [5.74, 6) is 0.0299. The molecule has 0 aromatic heterocycles. The van der Waals surface area contributed by atoms with Crippen molar-refractivity contribution in [3.05, 3.63) is 48.0 Å². The van der Waals surface area contributed by atoms with Crippen LogP contribution in [0.25, 0.3) is 10.8 Å². The van der Waals surface area contributed by atoms with Gasteiger partial charge in [-0.1, -0.05) is 42.5 Å². The number of hydrogen-bond acceptors (Lipinski definition) is 2. The van der Waals surface area contributed by atoms with Gasteiger partial charge in [0.15, 0.2) is 0 Å². The van der Waals surface area contributed by atoms with E-state index in [1.54, 1.807) is 7.11 Å². The summed E-state index contributed by atoms with van der Waals surface area (Å²) in [7, 11) is 1.62. The average molecular weight is 243 g/mol. The van der Waals surface area contributed by atoms with Gasteiger partial charge < -0.3 is 10.1 Å². The Hall–Kier alpha value is -1.87.